The Hall–Kier alpha value is -0.243. The molecule has 48 valence electrons. The van der Waals surface area contributed by atoms with Crippen molar-refractivity contribution in [2.45, 2.75) is 20.8 Å². The molecule has 1 nitrogen and oxygen atoms in total. The molecule has 0 aromatic heterocycles. The number of hydrogen-bond acceptors (Lipinski definition) is 1. The fraction of sp³-hybridized carbons (Fsp3) is 0.667. The number of allylic oxidation sites excluding steroid dienone is 1. The molecule has 0 aliphatic heterocycles. The third kappa shape index (κ3) is 2.85. The van der Waals surface area contributed by atoms with E-state index in [1.807, 2.05) is 6.92 Å². The topological polar surface area (TPSA) is 9.23 Å². The van der Waals surface area contributed by atoms with Crippen molar-refractivity contribution in [3.8, 4) is 0 Å². The van der Waals surface area contributed by atoms with E-state index in [2.05, 4.69) is 13.8 Å². The minimum absolute atomic E-state index is 0.810. The summed E-state index contributed by atoms with van der Waals surface area (Å²) in [4.78, 5) is 0. The molecule has 0 saturated carbocycles. The van der Waals surface area contributed by atoms with Crippen LogP contribution in [0.3, 0.4) is 0 Å². The van der Waals surface area contributed by atoms with Gasteiger partial charge in [0.25, 0.3) is 0 Å². The van der Waals surface area contributed by atoms with Gasteiger partial charge in [-0.25, -0.2) is 0 Å². The van der Waals surface area contributed by atoms with Crippen molar-refractivity contribution in [3.05, 3.63) is 11.0 Å². The van der Waals surface area contributed by atoms with Crippen molar-refractivity contribution in [2.75, 3.05) is 6.61 Å². The molecule has 0 spiro atoms. The van der Waals surface area contributed by atoms with E-state index in [-0.39, 0.29) is 0 Å². The Morgan fingerprint density at radius 2 is 2.00 bits per heavy atom. The van der Waals surface area contributed by atoms with Gasteiger partial charge in [0, 0.05) is 0 Å². The van der Waals surface area contributed by atoms with Crippen LogP contribution in [0.15, 0.2) is 11.0 Å². The maximum Gasteiger partial charge on any atom is 0.0842 e. The molecule has 0 N–H and O–H groups in total. The van der Waals surface area contributed by atoms with Gasteiger partial charge in [0.15, 0.2) is 0 Å². The Morgan fingerprint density at radius 1 is 1.50 bits per heavy atom. The van der Waals surface area contributed by atoms with Gasteiger partial charge in [-0.05, 0) is 26.3 Å². The average Bonchev–Trinajstić information content (AvgIpc) is 1.67. The predicted octanol–water partition coefficient (Wildman–Crippen LogP) is 0.640. The second kappa shape index (κ2) is 3.72. The van der Waals surface area contributed by atoms with Gasteiger partial charge in [-0.15, -0.1) is 0 Å². The van der Waals surface area contributed by atoms with Crippen LogP contribution >= 0.6 is 0 Å². The summed E-state index contributed by atoms with van der Waals surface area (Å²) >= 11 is 0. The minimum Gasteiger partial charge on any atom is -0.504 e. The first-order valence-corrected chi connectivity index (χ1v) is 3.95. The van der Waals surface area contributed by atoms with Crippen molar-refractivity contribution < 1.29 is 4.74 Å². The van der Waals surface area contributed by atoms with Crippen LogP contribution < -0.4 is 0 Å². The van der Waals surface area contributed by atoms with Gasteiger partial charge in [-0.3, -0.25) is 0 Å². The maximum atomic E-state index is 5.24. The summed E-state index contributed by atoms with van der Waals surface area (Å²) in [6.07, 6.45) is 0. The molecule has 0 saturated heterocycles. The van der Waals surface area contributed by atoms with E-state index in [1.54, 1.807) is 0 Å². The summed E-state index contributed by atoms with van der Waals surface area (Å²) in [5.41, 5.74) is 1.32. The van der Waals surface area contributed by atoms with Crippen molar-refractivity contribution in [2.24, 2.45) is 0 Å². The monoisotopic (exact) mass is 130 g/mol. The van der Waals surface area contributed by atoms with Gasteiger partial charge in [0.05, 0.1) is 22.2 Å². The van der Waals surface area contributed by atoms with Crippen LogP contribution in [0.4, 0.5) is 0 Å². The van der Waals surface area contributed by atoms with Gasteiger partial charge < -0.3 is 4.74 Å². The maximum absolute atomic E-state index is 5.24. The van der Waals surface area contributed by atoms with Crippen LogP contribution in [-0.2, 0) is 4.74 Å². The zero-order chi connectivity index (χ0) is 6.57. The lowest BCUT2D eigenvalue weighted by molar-refractivity contribution is 0.251. The molecule has 0 heterocycles. The second-order valence-corrected chi connectivity index (χ2v) is 2.90. The third-order valence-corrected chi connectivity index (χ3v) is 2.35. The summed E-state index contributed by atoms with van der Waals surface area (Å²) in [6, 6.07) is 0. The van der Waals surface area contributed by atoms with Crippen molar-refractivity contribution in [1.29, 1.82) is 0 Å². The zero-order valence-electron chi connectivity index (χ0n) is 6.12. The Morgan fingerprint density at radius 3 is 2.12 bits per heavy atom. The van der Waals surface area contributed by atoms with Gasteiger partial charge in [-0.1, -0.05) is 0 Å². The normalized spacial score (nSPS) is 8.88. The van der Waals surface area contributed by atoms with Crippen LogP contribution in [0, 0.1) is 0 Å². The molecule has 0 rings (SSSR count). The van der Waals surface area contributed by atoms with Crippen molar-refractivity contribution in [3.63, 3.8) is 0 Å². The summed E-state index contributed by atoms with van der Waals surface area (Å²) in [7, 11) is 1.04. The highest BCUT2D eigenvalue weighted by Gasteiger charge is 1.86. The lowest BCUT2D eigenvalue weighted by Gasteiger charge is -2.03. The first-order valence-electron chi connectivity index (χ1n) is 2.95. The lowest BCUT2D eigenvalue weighted by Crippen LogP contribution is -1.92. The molecule has 0 bridgehead atoms. The first kappa shape index (κ1) is 7.76. The number of ether oxygens (including phenoxy) is 1. The van der Waals surface area contributed by atoms with Gasteiger partial charge in [0.2, 0.25) is 0 Å². The Bertz CT molecular complexity index is 92.7. The molecule has 0 atom stereocenters. The van der Waals surface area contributed by atoms with E-state index < -0.39 is 0 Å². The van der Waals surface area contributed by atoms with Crippen LogP contribution in [0.2, 0.25) is 0 Å². The molecule has 0 fully saturated rings. The molecule has 0 aliphatic carbocycles. The highest BCUT2D eigenvalue weighted by molar-refractivity contribution is 6.20. The molecular weight excluding hydrogens is 116 g/mol. The van der Waals surface area contributed by atoms with Crippen LogP contribution in [0.1, 0.15) is 20.8 Å². The summed E-state index contributed by atoms with van der Waals surface area (Å²) < 4.78 is 5.24. The molecule has 8 heavy (non-hydrogen) atoms. The van der Waals surface area contributed by atoms with Crippen molar-refractivity contribution >= 4 is 10.2 Å². The van der Waals surface area contributed by atoms with Gasteiger partial charge in [0.1, 0.15) is 0 Å². The van der Waals surface area contributed by atoms with E-state index in [9.17, 15) is 0 Å². The minimum atomic E-state index is 0.810. The Kier molecular flexibility index (Phi) is 3.61. The number of rotatable bonds is 2. The standard InChI is InChI=1S/C6H14OSi/c1-4-7-6(8)5(2)3/h4H2,1-3,8H3. The third-order valence-electron chi connectivity index (χ3n) is 1.06. The zero-order valence-corrected chi connectivity index (χ0v) is 8.12. The van der Waals surface area contributed by atoms with Crippen LogP contribution in [-0.4, -0.2) is 16.8 Å². The van der Waals surface area contributed by atoms with Crippen LogP contribution in [0.25, 0.3) is 0 Å². The first-order chi connectivity index (χ1) is 3.68. The average molecular weight is 130 g/mol. The molecule has 0 aliphatic rings. The number of hydrogen-bond donors (Lipinski definition) is 0. The van der Waals surface area contributed by atoms with E-state index >= 15 is 0 Å². The van der Waals surface area contributed by atoms with Gasteiger partial charge >= 0.3 is 0 Å². The van der Waals surface area contributed by atoms with E-state index in [0.29, 0.717) is 0 Å². The van der Waals surface area contributed by atoms with Gasteiger partial charge in [-0.2, -0.15) is 0 Å². The molecule has 0 aromatic carbocycles. The second-order valence-electron chi connectivity index (χ2n) is 1.99. The summed E-state index contributed by atoms with van der Waals surface area (Å²) in [5, 5.41) is 1.19. The van der Waals surface area contributed by atoms with E-state index in [1.165, 1.54) is 11.0 Å². The molecule has 0 aromatic rings. The fourth-order valence-corrected chi connectivity index (χ4v) is 0.650. The van der Waals surface area contributed by atoms with Crippen molar-refractivity contribution in [1.82, 2.24) is 0 Å². The molecule has 0 amide bonds. The smallest absolute Gasteiger partial charge is 0.0842 e. The molecule has 2 heteroatoms. The largest absolute Gasteiger partial charge is 0.504 e. The van der Waals surface area contributed by atoms with E-state index in [4.69, 9.17) is 4.74 Å². The predicted molar refractivity (Wildman–Crippen MR) is 39.9 cm³/mol. The SMILES string of the molecule is CCOC([SiH3])=C(C)C. The fourth-order valence-electron chi connectivity index (χ4n) is 0.361. The highest BCUT2D eigenvalue weighted by atomic mass is 28.1. The highest BCUT2D eigenvalue weighted by Crippen LogP contribution is 1.98. The quantitative estimate of drug-likeness (QED) is 0.394. The molecular formula is C6H14OSi. The Labute approximate surface area is 54.2 Å². The van der Waals surface area contributed by atoms with Crippen LogP contribution in [0.5, 0.6) is 0 Å². The summed E-state index contributed by atoms with van der Waals surface area (Å²) in [5.74, 6) is 0. The summed E-state index contributed by atoms with van der Waals surface area (Å²) in [6.45, 7) is 6.99. The molecule has 0 radical (unpaired) electrons. The Balaban J connectivity index is 3.62. The molecule has 0 unspecified atom stereocenters. The lowest BCUT2D eigenvalue weighted by atomic mass is 10.4. The van der Waals surface area contributed by atoms with E-state index in [0.717, 1.165) is 16.8 Å².